The first-order valence-corrected chi connectivity index (χ1v) is 8.68. The Morgan fingerprint density at radius 1 is 1.12 bits per heavy atom. The molecule has 3 aromatic rings. The SMILES string of the molecule is CC(NC(=O)c1ccccc1Cl)c1ccc(OCc2cccnc2)cc1. The van der Waals surface area contributed by atoms with Crippen molar-refractivity contribution in [2.45, 2.75) is 19.6 Å². The van der Waals surface area contributed by atoms with E-state index in [9.17, 15) is 4.79 Å². The maximum Gasteiger partial charge on any atom is 0.253 e. The van der Waals surface area contributed by atoms with Crippen molar-refractivity contribution in [1.29, 1.82) is 0 Å². The zero-order valence-corrected chi connectivity index (χ0v) is 15.1. The highest BCUT2D eigenvalue weighted by Crippen LogP contribution is 2.20. The van der Waals surface area contributed by atoms with Gasteiger partial charge in [0, 0.05) is 18.0 Å². The molecule has 1 unspecified atom stereocenters. The number of ether oxygens (including phenoxy) is 1. The molecule has 132 valence electrons. The van der Waals surface area contributed by atoms with Crippen molar-refractivity contribution >= 4 is 17.5 Å². The number of pyridine rings is 1. The molecule has 2 aromatic carbocycles. The van der Waals surface area contributed by atoms with Crippen LogP contribution in [0.1, 0.15) is 34.5 Å². The number of nitrogens with zero attached hydrogens (tertiary/aromatic N) is 1. The van der Waals surface area contributed by atoms with Gasteiger partial charge >= 0.3 is 0 Å². The first kappa shape index (κ1) is 18.0. The van der Waals surface area contributed by atoms with Crippen LogP contribution < -0.4 is 10.1 Å². The maximum absolute atomic E-state index is 12.3. The predicted octanol–water partition coefficient (Wildman–Crippen LogP) is 4.81. The molecule has 0 aliphatic rings. The summed E-state index contributed by atoms with van der Waals surface area (Å²) in [6, 6.07) is 18.4. The minimum Gasteiger partial charge on any atom is -0.489 e. The average molecular weight is 367 g/mol. The van der Waals surface area contributed by atoms with Crippen molar-refractivity contribution < 1.29 is 9.53 Å². The van der Waals surface area contributed by atoms with E-state index in [2.05, 4.69) is 10.3 Å². The standard InChI is InChI=1S/C21H19ClN2O2/c1-15(24-21(25)19-6-2-3-7-20(19)22)17-8-10-18(11-9-17)26-14-16-5-4-12-23-13-16/h2-13,15H,14H2,1H3,(H,24,25). The zero-order valence-electron chi connectivity index (χ0n) is 14.4. The van der Waals surface area contributed by atoms with Gasteiger partial charge in [0.1, 0.15) is 12.4 Å². The van der Waals surface area contributed by atoms with Gasteiger partial charge < -0.3 is 10.1 Å². The topological polar surface area (TPSA) is 51.2 Å². The van der Waals surface area contributed by atoms with Gasteiger partial charge in [-0.2, -0.15) is 0 Å². The Kier molecular flexibility index (Phi) is 5.87. The molecule has 0 saturated carbocycles. The van der Waals surface area contributed by atoms with Crippen LogP contribution in [0.5, 0.6) is 5.75 Å². The van der Waals surface area contributed by atoms with Gasteiger partial charge in [0.25, 0.3) is 5.91 Å². The summed E-state index contributed by atoms with van der Waals surface area (Å²) in [5.74, 6) is 0.572. The van der Waals surface area contributed by atoms with E-state index in [0.29, 0.717) is 17.2 Å². The van der Waals surface area contributed by atoms with Crippen LogP contribution in [-0.2, 0) is 6.61 Å². The molecule has 1 N–H and O–H groups in total. The number of aromatic nitrogens is 1. The van der Waals surface area contributed by atoms with E-state index >= 15 is 0 Å². The predicted molar refractivity (Wildman–Crippen MR) is 102 cm³/mol. The van der Waals surface area contributed by atoms with Crippen LogP contribution in [0.3, 0.4) is 0 Å². The Morgan fingerprint density at radius 2 is 1.88 bits per heavy atom. The highest BCUT2D eigenvalue weighted by molar-refractivity contribution is 6.33. The first-order valence-electron chi connectivity index (χ1n) is 8.30. The van der Waals surface area contributed by atoms with Crippen molar-refractivity contribution in [2.75, 3.05) is 0 Å². The van der Waals surface area contributed by atoms with Crippen LogP contribution in [-0.4, -0.2) is 10.9 Å². The van der Waals surface area contributed by atoms with Gasteiger partial charge in [-0.3, -0.25) is 9.78 Å². The van der Waals surface area contributed by atoms with Crippen LogP contribution in [0.2, 0.25) is 5.02 Å². The maximum atomic E-state index is 12.3. The second-order valence-electron chi connectivity index (χ2n) is 5.89. The molecule has 0 aliphatic carbocycles. The third kappa shape index (κ3) is 4.61. The summed E-state index contributed by atoms with van der Waals surface area (Å²) in [5, 5.41) is 3.40. The van der Waals surface area contributed by atoms with Crippen LogP contribution in [0.15, 0.2) is 73.1 Å². The minimum atomic E-state index is -0.194. The van der Waals surface area contributed by atoms with Crippen LogP contribution in [0.4, 0.5) is 0 Å². The summed E-state index contributed by atoms with van der Waals surface area (Å²) in [6.07, 6.45) is 3.51. The van der Waals surface area contributed by atoms with Crippen molar-refractivity contribution in [2.24, 2.45) is 0 Å². The summed E-state index contributed by atoms with van der Waals surface area (Å²) >= 11 is 6.07. The monoisotopic (exact) mass is 366 g/mol. The fourth-order valence-electron chi connectivity index (χ4n) is 2.51. The summed E-state index contributed by atoms with van der Waals surface area (Å²) in [7, 11) is 0. The second-order valence-corrected chi connectivity index (χ2v) is 6.30. The molecule has 3 rings (SSSR count). The molecule has 5 heteroatoms. The lowest BCUT2D eigenvalue weighted by Gasteiger charge is -2.15. The van der Waals surface area contributed by atoms with Gasteiger partial charge in [-0.25, -0.2) is 0 Å². The number of benzene rings is 2. The zero-order chi connectivity index (χ0) is 18.4. The molecule has 0 saturated heterocycles. The lowest BCUT2D eigenvalue weighted by atomic mass is 10.1. The van der Waals surface area contributed by atoms with E-state index in [0.717, 1.165) is 16.9 Å². The number of carbonyl (C=O) groups excluding carboxylic acids is 1. The van der Waals surface area contributed by atoms with Gasteiger partial charge in [-0.15, -0.1) is 0 Å². The highest BCUT2D eigenvalue weighted by Gasteiger charge is 2.13. The molecule has 0 fully saturated rings. The molecule has 1 heterocycles. The summed E-state index contributed by atoms with van der Waals surface area (Å²) in [4.78, 5) is 16.4. The van der Waals surface area contributed by atoms with E-state index in [1.54, 1.807) is 36.7 Å². The smallest absolute Gasteiger partial charge is 0.253 e. The minimum absolute atomic E-state index is 0.147. The molecule has 1 amide bonds. The van der Waals surface area contributed by atoms with Crippen LogP contribution in [0.25, 0.3) is 0 Å². The normalized spacial score (nSPS) is 11.6. The fourth-order valence-corrected chi connectivity index (χ4v) is 2.73. The third-order valence-electron chi connectivity index (χ3n) is 3.97. The Morgan fingerprint density at radius 3 is 2.58 bits per heavy atom. The number of halogens is 1. The van der Waals surface area contributed by atoms with E-state index in [4.69, 9.17) is 16.3 Å². The molecular weight excluding hydrogens is 348 g/mol. The third-order valence-corrected chi connectivity index (χ3v) is 4.30. The van der Waals surface area contributed by atoms with Crippen molar-refractivity contribution in [1.82, 2.24) is 10.3 Å². The summed E-state index contributed by atoms with van der Waals surface area (Å²) in [6.45, 7) is 2.40. The molecule has 1 atom stereocenters. The van der Waals surface area contributed by atoms with E-state index in [-0.39, 0.29) is 11.9 Å². The molecule has 1 aromatic heterocycles. The number of amides is 1. The molecule has 0 spiro atoms. The van der Waals surface area contributed by atoms with Gasteiger partial charge in [-0.05, 0) is 42.8 Å². The van der Waals surface area contributed by atoms with E-state index < -0.39 is 0 Å². The quantitative estimate of drug-likeness (QED) is 0.681. The second kappa shape index (κ2) is 8.50. The number of carbonyl (C=O) groups is 1. The Labute approximate surface area is 157 Å². The Balaban J connectivity index is 1.59. The molecule has 0 bridgehead atoms. The van der Waals surface area contributed by atoms with E-state index in [1.807, 2.05) is 43.3 Å². The number of hydrogen-bond donors (Lipinski definition) is 1. The Hall–Kier alpha value is -2.85. The first-order chi connectivity index (χ1) is 12.6. The van der Waals surface area contributed by atoms with Crippen molar-refractivity contribution in [3.63, 3.8) is 0 Å². The van der Waals surface area contributed by atoms with Gasteiger partial charge in [0.15, 0.2) is 0 Å². The number of nitrogens with one attached hydrogen (secondary N) is 1. The van der Waals surface area contributed by atoms with Gasteiger partial charge in [0.2, 0.25) is 0 Å². The highest BCUT2D eigenvalue weighted by atomic mass is 35.5. The van der Waals surface area contributed by atoms with Gasteiger partial charge in [-0.1, -0.05) is 41.9 Å². The molecule has 4 nitrogen and oxygen atoms in total. The fraction of sp³-hybridized carbons (Fsp3) is 0.143. The lowest BCUT2D eigenvalue weighted by Crippen LogP contribution is -2.26. The molecule has 0 aliphatic heterocycles. The lowest BCUT2D eigenvalue weighted by molar-refractivity contribution is 0.0940. The largest absolute Gasteiger partial charge is 0.489 e. The average Bonchev–Trinajstić information content (AvgIpc) is 2.68. The Bertz CT molecular complexity index is 867. The number of rotatable bonds is 6. The van der Waals surface area contributed by atoms with Crippen LogP contribution in [0, 0.1) is 0 Å². The summed E-state index contributed by atoms with van der Waals surface area (Å²) in [5.41, 5.74) is 2.47. The van der Waals surface area contributed by atoms with Gasteiger partial charge in [0.05, 0.1) is 16.6 Å². The number of hydrogen-bond acceptors (Lipinski definition) is 3. The molecule has 0 radical (unpaired) electrons. The molecule has 26 heavy (non-hydrogen) atoms. The van der Waals surface area contributed by atoms with Crippen molar-refractivity contribution in [3.8, 4) is 5.75 Å². The van der Waals surface area contributed by atoms with Crippen LogP contribution >= 0.6 is 11.6 Å². The van der Waals surface area contributed by atoms with E-state index in [1.165, 1.54) is 0 Å². The molecular formula is C21H19ClN2O2. The summed E-state index contributed by atoms with van der Waals surface area (Å²) < 4.78 is 5.75. The van der Waals surface area contributed by atoms with Crippen molar-refractivity contribution in [3.05, 3.63) is 94.8 Å².